The first-order valence-corrected chi connectivity index (χ1v) is 7.09. The van der Waals surface area contributed by atoms with Gasteiger partial charge < -0.3 is 15.4 Å². The number of esters is 1. The van der Waals surface area contributed by atoms with Gasteiger partial charge in [-0.1, -0.05) is 0 Å². The molecule has 0 fully saturated rings. The Morgan fingerprint density at radius 2 is 2.24 bits per heavy atom. The molecule has 0 spiro atoms. The number of aromatic nitrogens is 1. The van der Waals surface area contributed by atoms with Crippen molar-refractivity contribution in [2.45, 2.75) is 13.5 Å². The van der Waals surface area contributed by atoms with Gasteiger partial charge in [0.15, 0.2) is 0 Å². The number of benzene rings is 1. The van der Waals surface area contributed by atoms with Crippen LogP contribution in [0.25, 0.3) is 0 Å². The van der Waals surface area contributed by atoms with Crippen molar-refractivity contribution in [1.82, 2.24) is 4.98 Å². The molecule has 5 nitrogen and oxygen atoms in total. The van der Waals surface area contributed by atoms with E-state index in [0.29, 0.717) is 6.54 Å². The lowest BCUT2D eigenvalue weighted by Gasteiger charge is -2.20. The summed E-state index contributed by atoms with van der Waals surface area (Å²) in [7, 11) is 2.98. The quantitative estimate of drug-likeness (QED) is 0.694. The second-order valence-corrected chi connectivity index (χ2v) is 5.66. The zero-order chi connectivity index (χ0) is 15.6. The zero-order valence-electron chi connectivity index (χ0n) is 12.0. The van der Waals surface area contributed by atoms with Gasteiger partial charge in [0.25, 0.3) is 0 Å². The van der Waals surface area contributed by atoms with Gasteiger partial charge in [0.1, 0.15) is 5.82 Å². The van der Waals surface area contributed by atoms with Crippen LogP contribution in [0.1, 0.15) is 21.1 Å². The fourth-order valence-electron chi connectivity index (χ4n) is 1.97. The lowest BCUT2D eigenvalue weighted by atomic mass is 10.1. The topological polar surface area (TPSA) is 68.5 Å². The zero-order valence-corrected chi connectivity index (χ0v) is 12.8. The van der Waals surface area contributed by atoms with E-state index in [2.05, 4.69) is 9.72 Å². The Kier molecular flexibility index (Phi) is 4.42. The van der Waals surface area contributed by atoms with Gasteiger partial charge in [-0.05, 0) is 19.1 Å². The number of halogens is 1. The van der Waals surface area contributed by atoms with E-state index >= 15 is 0 Å². The number of anilines is 2. The largest absolute Gasteiger partial charge is 0.465 e. The molecule has 1 heterocycles. The molecular weight excluding hydrogens is 293 g/mol. The maximum atomic E-state index is 14.1. The maximum absolute atomic E-state index is 14.1. The van der Waals surface area contributed by atoms with Crippen molar-refractivity contribution in [3.8, 4) is 0 Å². The van der Waals surface area contributed by atoms with Gasteiger partial charge in [-0.25, -0.2) is 14.2 Å². The maximum Gasteiger partial charge on any atom is 0.340 e. The Labute approximate surface area is 126 Å². The first-order valence-electron chi connectivity index (χ1n) is 6.22. The van der Waals surface area contributed by atoms with Crippen LogP contribution in [0.3, 0.4) is 0 Å². The van der Waals surface area contributed by atoms with E-state index in [1.807, 2.05) is 12.3 Å². The number of nitrogen functional groups attached to an aromatic ring is 1. The minimum atomic E-state index is -0.591. The molecule has 21 heavy (non-hydrogen) atoms. The third-order valence-electron chi connectivity index (χ3n) is 3.00. The summed E-state index contributed by atoms with van der Waals surface area (Å²) in [5.41, 5.74) is 6.97. The van der Waals surface area contributed by atoms with E-state index in [0.717, 1.165) is 16.8 Å². The number of rotatable bonds is 4. The van der Waals surface area contributed by atoms with Crippen LogP contribution in [-0.4, -0.2) is 25.1 Å². The monoisotopic (exact) mass is 309 g/mol. The molecule has 0 atom stereocenters. The molecule has 7 heteroatoms. The molecule has 0 radical (unpaired) electrons. The van der Waals surface area contributed by atoms with Crippen LogP contribution in [0.4, 0.5) is 15.8 Å². The highest BCUT2D eigenvalue weighted by Gasteiger charge is 2.17. The second-order valence-electron chi connectivity index (χ2n) is 4.60. The molecule has 112 valence electrons. The third kappa shape index (κ3) is 3.30. The Bertz CT molecular complexity index is 672. The van der Waals surface area contributed by atoms with Gasteiger partial charge in [-0.15, -0.1) is 11.3 Å². The number of methoxy groups -OCH3 is 1. The van der Waals surface area contributed by atoms with Gasteiger partial charge in [-0.3, -0.25) is 0 Å². The van der Waals surface area contributed by atoms with E-state index < -0.39 is 11.8 Å². The summed E-state index contributed by atoms with van der Waals surface area (Å²) in [4.78, 5) is 17.6. The van der Waals surface area contributed by atoms with Gasteiger partial charge >= 0.3 is 5.97 Å². The average molecular weight is 309 g/mol. The van der Waals surface area contributed by atoms with Gasteiger partial charge in [-0.2, -0.15) is 0 Å². The number of aryl methyl sites for hydroxylation is 1. The molecule has 0 unspecified atom stereocenters. The van der Waals surface area contributed by atoms with Crippen molar-refractivity contribution in [2.24, 2.45) is 0 Å². The highest BCUT2D eigenvalue weighted by molar-refractivity contribution is 7.09. The molecule has 1 aromatic heterocycles. The molecule has 2 rings (SSSR count). The van der Waals surface area contributed by atoms with Crippen LogP contribution < -0.4 is 10.6 Å². The second kappa shape index (κ2) is 6.09. The van der Waals surface area contributed by atoms with Gasteiger partial charge in [0.05, 0.1) is 35.6 Å². The minimum Gasteiger partial charge on any atom is -0.465 e. The fourth-order valence-corrected chi connectivity index (χ4v) is 2.57. The number of hydrogen-bond acceptors (Lipinski definition) is 6. The van der Waals surface area contributed by atoms with E-state index in [9.17, 15) is 9.18 Å². The van der Waals surface area contributed by atoms with E-state index in [1.165, 1.54) is 24.5 Å². The third-order valence-corrected chi connectivity index (χ3v) is 3.82. The fraction of sp³-hybridized carbons (Fsp3) is 0.286. The first-order chi connectivity index (χ1) is 9.92. The minimum absolute atomic E-state index is 0.0565. The van der Waals surface area contributed by atoms with E-state index in [4.69, 9.17) is 5.73 Å². The SMILES string of the molecule is COC(=O)c1cc(N(C)Cc2csc(C)n2)c(F)cc1N. The molecular formula is C14H16FN3O2S. The average Bonchev–Trinajstić information content (AvgIpc) is 2.83. The van der Waals surface area contributed by atoms with Crippen LogP contribution in [0, 0.1) is 12.7 Å². The normalized spacial score (nSPS) is 10.5. The van der Waals surface area contributed by atoms with Crippen molar-refractivity contribution in [1.29, 1.82) is 0 Å². The van der Waals surface area contributed by atoms with Crippen molar-refractivity contribution >= 4 is 28.7 Å². The Morgan fingerprint density at radius 3 is 2.81 bits per heavy atom. The molecule has 0 saturated heterocycles. The summed E-state index contributed by atoms with van der Waals surface area (Å²) in [6.45, 7) is 2.35. The van der Waals surface area contributed by atoms with Crippen molar-refractivity contribution in [2.75, 3.05) is 24.8 Å². The summed E-state index contributed by atoms with van der Waals surface area (Å²) < 4.78 is 18.7. The molecule has 0 aliphatic heterocycles. The molecule has 2 aromatic rings. The van der Waals surface area contributed by atoms with Gasteiger partial charge in [0.2, 0.25) is 0 Å². The molecule has 0 aliphatic rings. The van der Waals surface area contributed by atoms with Crippen LogP contribution >= 0.6 is 11.3 Å². The number of nitrogens with zero attached hydrogens (tertiary/aromatic N) is 2. The molecule has 1 aromatic carbocycles. The van der Waals surface area contributed by atoms with E-state index in [1.54, 1.807) is 11.9 Å². The molecule has 0 bridgehead atoms. The number of hydrogen-bond donors (Lipinski definition) is 1. The van der Waals surface area contributed by atoms with Crippen LogP contribution in [0.15, 0.2) is 17.5 Å². The standard InChI is InChI=1S/C14H16FN3O2S/c1-8-17-9(7-21-8)6-18(2)13-4-10(14(19)20-3)12(16)5-11(13)15/h4-5,7H,6,16H2,1-3H3. The summed E-state index contributed by atoms with van der Waals surface area (Å²) >= 11 is 1.53. The summed E-state index contributed by atoms with van der Waals surface area (Å²) in [6.07, 6.45) is 0. The van der Waals surface area contributed by atoms with Crippen molar-refractivity contribution in [3.05, 3.63) is 39.6 Å². The van der Waals surface area contributed by atoms with Crippen LogP contribution in [0.5, 0.6) is 0 Å². The van der Waals surface area contributed by atoms with Crippen molar-refractivity contribution < 1.29 is 13.9 Å². The van der Waals surface area contributed by atoms with Gasteiger partial charge in [0, 0.05) is 18.1 Å². The van der Waals surface area contributed by atoms with E-state index in [-0.39, 0.29) is 16.9 Å². The lowest BCUT2D eigenvalue weighted by Crippen LogP contribution is -2.19. The summed E-state index contributed by atoms with van der Waals surface area (Å²) in [6, 6.07) is 2.53. The molecule has 2 N–H and O–H groups in total. The molecule has 0 saturated carbocycles. The predicted octanol–water partition coefficient (Wildman–Crippen LogP) is 2.60. The number of nitrogens with two attached hydrogens (primary N) is 1. The number of thiazole rings is 1. The van der Waals surface area contributed by atoms with Crippen molar-refractivity contribution in [3.63, 3.8) is 0 Å². The highest BCUT2D eigenvalue weighted by atomic mass is 32.1. The first kappa shape index (κ1) is 15.2. The molecule has 0 aliphatic carbocycles. The van der Waals surface area contributed by atoms with Crippen LogP contribution in [0.2, 0.25) is 0 Å². The Balaban J connectivity index is 2.31. The summed E-state index contributed by atoms with van der Waals surface area (Å²) in [5, 5.41) is 2.87. The Morgan fingerprint density at radius 1 is 1.52 bits per heavy atom. The highest BCUT2D eigenvalue weighted by Crippen LogP contribution is 2.26. The number of carbonyl (C=O) groups is 1. The Hall–Kier alpha value is -2.15. The predicted molar refractivity (Wildman–Crippen MR) is 81.1 cm³/mol. The number of carbonyl (C=O) groups excluding carboxylic acids is 1. The summed E-state index contributed by atoms with van der Waals surface area (Å²) in [5.74, 6) is -1.08. The smallest absolute Gasteiger partial charge is 0.340 e. The lowest BCUT2D eigenvalue weighted by molar-refractivity contribution is 0.0602. The molecule has 0 amide bonds. The number of ether oxygens (including phenoxy) is 1. The van der Waals surface area contributed by atoms with Crippen LogP contribution in [-0.2, 0) is 11.3 Å².